The van der Waals surface area contributed by atoms with Crippen LogP contribution in [-0.2, 0) is 11.3 Å². The topological polar surface area (TPSA) is 92.8 Å². The van der Waals surface area contributed by atoms with Gasteiger partial charge in [-0.05, 0) is 12.1 Å². The van der Waals surface area contributed by atoms with Gasteiger partial charge >= 0.3 is 5.97 Å². The number of aromatic carboxylic acids is 1. The van der Waals surface area contributed by atoms with Crippen molar-refractivity contribution in [1.82, 2.24) is 0 Å². The lowest BCUT2D eigenvalue weighted by molar-refractivity contribution is 0.0693. The predicted molar refractivity (Wildman–Crippen MR) is 50.2 cm³/mol. The molecule has 0 aliphatic carbocycles. The van der Waals surface area contributed by atoms with Crippen molar-refractivity contribution in [3.63, 3.8) is 0 Å². The fourth-order valence-corrected chi connectivity index (χ4v) is 1.12. The molecule has 0 heterocycles. The van der Waals surface area contributed by atoms with Crippen LogP contribution in [0.1, 0.15) is 15.9 Å². The number of phenols is 1. The number of carbonyl (C=O) groups is 1. The highest BCUT2D eigenvalue weighted by Crippen LogP contribution is 2.28. The minimum Gasteiger partial charge on any atom is -0.507 e. The molecule has 1 aromatic carbocycles. The Balaban J connectivity index is 3.26. The van der Waals surface area contributed by atoms with E-state index in [4.69, 9.17) is 15.6 Å². The second-order valence-electron chi connectivity index (χ2n) is 2.77. The first kappa shape index (κ1) is 10.3. The molecule has 0 aliphatic heterocycles. The SMILES string of the molecule is COCc1c(N)ccc(C(=O)O)c1O. The number of hydrogen-bond donors (Lipinski definition) is 3. The summed E-state index contributed by atoms with van der Waals surface area (Å²) in [5.74, 6) is -1.53. The van der Waals surface area contributed by atoms with Crippen LogP contribution < -0.4 is 5.73 Å². The lowest BCUT2D eigenvalue weighted by atomic mass is 10.1. The van der Waals surface area contributed by atoms with Crippen LogP contribution in [-0.4, -0.2) is 23.3 Å². The molecule has 76 valence electrons. The summed E-state index contributed by atoms with van der Waals surface area (Å²) in [6.45, 7) is 0.0821. The molecule has 0 radical (unpaired) electrons. The van der Waals surface area contributed by atoms with Gasteiger partial charge in [-0.3, -0.25) is 0 Å². The summed E-state index contributed by atoms with van der Waals surface area (Å²) in [7, 11) is 1.44. The van der Waals surface area contributed by atoms with Gasteiger partial charge in [-0.25, -0.2) is 4.79 Å². The summed E-state index contributed by atoms with van der Waals surface area (Å²) in [6.07, 6.45) is 0. The van der Waals surface area contributed by atoms with Gasteiger partial charge in [0.2, 0.25) is 0 Å². The summed E-state index contributed by atoms with van der Waals surface area (Å²) in [6, 6.07) is 2.68. The number of hydrogen-bond acceptors (Lipinski definition) is 4. The highest BCUT2D eigenvalue weighted by atomic mass is 16.5. The molecule has 0 amide bonds. The third-order valence-electron chi connectivity index (χ3n) is 1.84. The number of methoxy groups -OCH3 is 1. The van der Waals surface area contributed by atoms with Crippen molar-refractivity contribution in [1.29, 1.82) is 0 Å². The van der Waals surface area contributed by atoms with Gasteiger partial charge in [-0.1, -0.05) is 0 Å². The standard InChI is InChI=1S/C9H11NO4/c1-14-4-6-7(10)3-2-5(8(6)11)9(12)13/h2-3,11H,4,10H2,1H3,(H,12,13). The van der Waals surface area contributed by atoms with Crippen molar-refractivity contribution in [3.8, 4) is 5.75 Å². The van der Waals surface area contributed by atoms with Crippen LogP contribution in [0.4, 0.5) is 5.69 Å². The fourth-order valence-electron chi connectivity index (χ4n) is 1.12. The zero-order valence-corrected chi connectivity index (χ0v) is 7.65. The first-order valence-electron chi connectivity index (χ1n) is 3.90. The second kappa shape index (κ2) is 3.97. The van der Waals surface area contributed by atoms with Crippen molar-refractivity contribution >= 4 is 11.7 Å². The Morgan fingerprint density at radius 3 is 2.71 bits per heavy atom. The zero-order chi connectivity index (χ0) is 10.7. The van der Waals surface area contributed by atoms with E-state index in [1.807, 2.05) is 0 Å². The summed E-state index contributed by atoms with van der Waals surface area (Å²) in [4.78, 5) is 10.6. The molecule has 0 spiro atoms. The van der Waals surface area contributed by atoms with E-state index < -0.39 is 5.97 Å². The number of carboxylic acid groups (broad SMARTS) is 1. The Labute approximate surface area is 80.7 Å². The maximum Gasteiger partial charge on any atom is 0.339 e. The molecule has 0 fully saturated rings. The number of ether oxygens (including phenoxy) is 1. The summed E-state index contributed by atoms with van der Waals surface area (Å²) >= 11 is 0. The van der Waals surface area contributed by atoms with E-state index in [0.29, 0.717) is 11.3 Å². The van der Waals surface area contributed by atoms with Gasteiger partial charge in [0.15, 0.2) is 0 Å². The lowest BCUT2D eigenvalue weighted by Gasteiger charge is -2.09. The van der Waals surface area contributed by atoms with Crippen LogP contribution in [0.2, 0.25) is 0 Å². The Morgan fingerprint density at radius 1 is 1.57 bits per heavy atom. The molecule has 0 aliphatic rings. The van der Waals surface area contributed by atoms with Crippen molar-refractivity contribution in [2.45, 2.75) is 6.61 Å². The average Bonchev–Trinajstić information content (AvgIpc) is 2.11. The molecule has 14 heavy (non-hydrogen) atoms. The number of benzene rings is 1. The molecule has 4 N–H and O–H groups in total. The zero-order valence-electron chi connectivity index (χ0n) is 7.65. The van der Waals surface area contributed by atoms with Crippen LogP contribution >= 0.6 is 0 Å². The number of aromatic hydroxyl groups is 1. The number of anilines is 1. The molecule has 1 rings (SSSR count). The second-order valence-corrected chi connectivity index (χ2v) is 2.77. The quantitative estimate of drug-likeness (QED) is 0.624. The van der Waals surface area contributed by atoms with Gasteiger partial charge in [-0.15, -0.1) is 0 Å². The maximum atomic E-state index is 10.6. The van der Waals surface area contributed by atoms with E-state index in [1.165, 1.54) is 19.2 Å². The molecule has 0 saturated heterocycles. The van der Waals surface area contributed by atoms with Crippen molar-refractivity contribution in [2.24, 2.45) is 0 Å². The number of carboxylic acids is 1. The molecule has 0 aromatic heterocycles. The van der Waals surface area contributed by atoms with Crippen LogP contribution in [0.5, 0.6) is 5.75 Å². The first-order valence-corrected chi connectivity index (χ1v) is 3.90. The smallest absolute Gasteiger partial charge is 0.339 e. The third kappa shape index (κ3) is 1.77. The van der Waals surface area contributed by atoms with Gasteiger partial charge in [0.05, 0.1) is 6.61 Å². The van der Waals surface area contributed by atoms with Crippen LogP contribution in [0.25, 0.3) is 0 Å². The Kier molecular flexibility index (Phi) is 2.93. The fraction of sp³-hybridized carbons (Fsp3) is 0.222. The van der Waals surface area contributed by atoms with E-state index in [2.05, 4.69) is 0 Å². The molecule has 5 heteroatoms. The molecule has 0 unspecified atom stereocenters. The molecule has 5 nitrogen and oxygen atoms in total. The van der Waals surface area contributed by atoms with Gasteiger partial charge in [0, 0.05) is 18.4 Å². The van der Waals surface area contributed by atoms with E-state index >= 15 is 0 Å². The van der Waals surface area contributed by atoms with Gasteiger partial charge < -0.3 is 20.7 Å². The third-order valence-corrected chi connectivity index (χ3v) is 1.84. The van der Waals surface area contributed by atoms with Crippen molar-refractivity contribution in [2.75, 3.05) is 12.8 Å². The van der Waals surface area contributed by atoms with E-state index in [1.54, 1.807) is 0 Å². The minimum absolute atomic E-state index is 0.0821. The Morgan fingerprint density at radius 2 is 2.21 bits per heavy atom. The van der Waals surface area contributed by atoms with Crippen LogP contribution in [0, 0.1) is 0 Å². The van der Waals surface area contributed by atoms with Crippen LogP contribution in [0.3, 0.4) is 0 Å². The molecule has 0 saturated carbocycles. The predicted octanol–water partition coefficient (Wildman–Crippen LogP) is 0.819. The summed E-state index contributed by atoms with van der Waals surface area (Å²) in [5, 5.41) is 18.2. The molecule has 1 aromatic rings. The number of nitrogen functional groups attached to an aromatic ring is 1. The average molecular weight is 197 g/mol. The van der Waals surface area contributed by atoms with Crippen molar-refractivity contribution in [3.05, 3.63) is 23.3 Å². The van der Waals surface area contributed by atoms with E-state index in [-0.39, 0.29) is 17.9 Å². The summed E-state index contributed by atoms with van der Waals surface area (Å²) < 4.78 is 4.79. The monoisotopic (exact) mass is 197 g/mol. The first-order chi connectivity index (χ1) is 6.57. The molecular weight excluding hydrogens is 186 g/mol. The van der Waals surface area contributed by atoms with Gasteiger partial charge in [-0.2, -0.15) is 0 Å². The number of rotatable bonds is 3. The Bertz CT molecular complexity index is 362. The maximum absolute atomic E-state index is 10.6. The minimum atomic E-state index is -1.19. The Hall–Kier alpha value is -1.75. The van der Waals surface area contributed by atoms with Gasteiger partial charge in [0.25, 0.3) is 0 Å². The highest BCUT2D eigenvalue weighted by molar-refractivity contribution is 5.92. The molecular formula is C9H11NO4. The van der Waals surface area contributed by atoms with Gasteiger partial charge in [0.1, 0.15) is 11.3 Å². The highest BCUT2D eigenvalue weighted by Gasteiger charge is 2.15. The van der Waals surface area contributed by atoms with Crippen LogP contribution in [0.15, 0.2) is 12.1 Å². The van der Waals surface area contributed by atoms with Crippen molar-refractivity contribution < 1.29 is 19.7 Å². The number of nitrogens with two attached hydrogens (primary N) is 1. The molecule has 0 atom stereocenters. The lowest BCUT2D eigenvalue weighted by Crippen LogP contribution is -2.03. The molecule has 0 bridgehead atoms. The normalized spacial score (nSPS) is 10.1. The van der Waals surface area contributed by atoms with E-state index in [9.17, 15) is 9.90 Å². The largest absolute Gasteiger partial charge is 0.507 e. The van der Waals surface area contributed by atoms with E-state index in [0.717, 1.165) is 0 Å². The summed E-state index contributed by atoms with van der Waals surface area (Å²) in [5.41, 5.74) is 5.98.